The van der Waals surface area contributed by atoms with Crippen molar-refractivity contribution >= 4 is 29.4 Å². The van der Waals surface area contributed by atoms with E-state index in [1.165, 1.54) is 11.0 Å². The fourth-order valence-electron chi connectivity index (χ4n) is 2.48. The molecule has 5 nitrogen and oxygen atoms in total. The fourth-order valence-corrected chi connectivity index (χ4v) is 2.61. The van der Waals surface area contributed by atoms with Crippen molar-refractivity contribution in [1.29, 1.82) is 0 Å². The highest BCUT2D eigenvalue weighted by Crippen LogP contribution is 2.30. The Morgan fingerprint density at radius 2 is 1.79 bits per heavy atom. The Balaban J connectivity index is 2.17. The Hall–Kier alpha value is -2.79. The zero-order chi connectivity index (χ0) is 20.7. The molecule has 0 aromatic heterocycles. The SMILES string of the molecule is CCOc1cc(C=CC(=O)c2ccc(Cl)cc2)ccc1OC(C)C(=O)N(C)C. The summed E-state index contributed by atoms with van der Waals surface area (Å²) in [4.78, 5) is 25.8. The van der Waals surface area contributed by atoms with Gasteiger partial charge >= 0.3 is 0 Å². The van der Waals surface area contributed by atoms with Crippen LogP contribution in [0.2, 0.25) is 5.02 Å². The molecule has 0 saturated carbocycles. The van der Waals surface area contributed by atoms with Crippen LogP contribution in [0.3, 0.4) is 0 Å². The quantitative estimate of drug-likeness (QED) is 0.483. The molecule has 2 aromatic rings. The van der Waals surface area contributed by atoms with E-state index in [9.17, 15) is 9.59 Å². The Labute approximate surface area is 170 Å². The van der Waals surface area contributed by atoms with E-state index < -0.39 is 6.10 Å². The largest absolute Gasteiger partial charge is 0.490 e. The van der Waals surface area contributed by atoms with E-state index >= 15 is 0 Å². The molecule has 1 amide bonds. The molecule has 0 heterocycles. The Bertz CT molecular complexity index is 859. The van der Waals surface area contributed by atoms with E-state index in [-0.39, 0.29) is 11.7 Å². The van der Waals surface area contributed by atoms with Crippen molar-refractivity contribution in [1.82, 2.24) is 4.90 Å². The molecule has 0 aliphatic carbocycles. The van der Waals surface area contributed by atoms with Gasteiger partial charge in [-0.1, -0.05) is 23.7 Å². The van der Waals surface area contributed by atoms with Gasteiger partial charge in [0.05, 0.1) is 6.61 Å². The summed E-state index contributed by atoms with van der Waals surface area (Å²) >= 11 is 5.85. The zero-order valence-electron chi connectivity index (χ0n) is 16.4. The van der Waals surface area contributed by atoms with Gasteiger partial charge in [-0.3, -0.25) is 9.59 Å². The van der Waals surface area contributed by atoms with Crippen molar-refractivity contribution in [2.75, 3.05) is 20.7 Å². The van der Waals surface area contributed by atoms with Crippen molar-refractivity contribution in [3.8, 4) is 11.5 Å². The normalized spacial score (nSPS) is 11.9. The summed E-state index contributed by atoms with van der Waals surface area (Å²) in [7, 11) is 3.36. The van der Waals surface area contributed by atoms with E-state index in [1.54, 1.807) is 69.6 Å². The van der Waals surface area contributed by atoms with Crippen LogP contribution < -0.4 is 9.47 Å². The van der Waals surface area contributed by atoms with Gasteiger partial charge in [0.1, 0.15) is 0 Å². The molecule has 0 bridgehead atoms. The number of ether oxygens (including phenoxy) is 2. The van der Waals surface area contributed by atoms with Crippen LogP contribution in [0.15, 0.2) is 48.5 Å². The van der Waals surface area contributed by atoms with Crippen LogP contribution in [0.5, 0.6) is 11.5 Å². The average molecular weight is 402 g/mol. The lowest BCUT2D eigenvalue weighted by molar-refractivity contribution is -0.135. The molecule has 6 heteroatoms. The minimum Gasteiger partial charge on any atom is -0.490 e. The Kier molecular flexibility index (Phi) is 7.64. The lowest BCUT2D eigenvalue weighted by Gasteiger charge is -2.20. The molecule has 2 rings (SSSR count). The molecule has 1 unspecified atom stereocenters. The van der Waals surface area contributed by atoms with Crippen molar-refractivity contribution in [2.24, 2.45) is 0 Å². The monoisotopic (exact) mass is 401 g/mol. The maximum Gasteiger partial charge on any atom is 0.262 e. The van der Waals surface area contributed by atoms with E-state index in [0.717, 1.165) is 5.56 Å². The number of hydrogen-bond donors (Lipinski definition) is 0. The molecule has 28 heavy (non-hydrogen) atoms. The summed E-state index contributed by atoms with van der Waals surface area (Å²) < 4.78 is 11.4. The van der Waals surface area contributed by atoms with Crippen LogP contribution in [0.4, 0.5) is 0 Å². The van der Waals surface area contributed by atoms with Gasteiger partial charge < -0.3 is 14.4 Å². The first kappa shape index (κ1) is 21.5. The molecule has 2 aromatic carbocycles. The highest BCUT2D eigenvalue weighted by atomic mass is 35.5. The van der Waals surface area contributed by atoms with Gasteiger partial charge in [-0.2, -0.15) is 0 Å². The molecule has 0 N–H and O–H groups in total. The molecular formula is C22H24ClNO4. The number of halogens is 1. The molecular weight excluding hydrogens is 378 g/mol. The summed E-state index contributed by atoms with van der Waals surface area (Å²) in [6, 6.07) is 12.0. The van der Waals surface area contributed by atoms with Crippen LogP contribution in [0.1, 0.15) is 29.8 Å². The Morgan fingerprint density at radius 3 is 2.39 bits per heavy atom. The van der Waals surface area contributed by atoms with E-state index in [1.807, 2.05) is 6.92 Å². The van der Waals surface area contributed by atoms with Gasteiger partial charge in [0, 0.05) is 24.7 Å². The number of likely N-dealkylation sites (N-methyl/N-ethyl adjacent to an activating group) is 1. The summed E-state index contributed by atoms with van der Waals surface area (Å²) in [6.07, 6.45) is 2.56. The minimum atomic E-state index is -0.637. The van der Waals surface area contributed by atoms with Gasteiger partial charge in [0.2, 0.25) is 0 Å². The minimum absolute atomic E-state index is 0.125. The standard InChI is InChI=1S/C22H24ClNO4/c1-5-27-21-14-16(6-12-19(25)17-8-10-18(23)11-9-17)7-13-20(21)28-15(2)22(26)24(3)4/h6-15H,5H2,1-4H3. The topological polar surface area (TPSA) is 55.8 Å². The molecule has 0 spiro atoms. The molecule has 1 atom stereocenters. The van der Waals surface area contributed by atoms with Gasteiger partial charge in [0.15, 0.2) is 23.4 Å². The molecule has 0 aliphatic heterocycles. The molecule has 0 radical (unpaired) electrons. The summed E-state index contributed by atoms with van der Waals surface area (Å²) in [5, 5.41) is 0.583. The highest BCUT2D eigenvalue weighted by molar-refractivity contribution is 6.30. The third-order valence-electron chi connectivity index (χ3n) is 3.92. The van der Waals surface area contributed by atoms with Gasteiger partial charge in [0.25, 0.3) is 5.91 Å². The van der Waals surface area contributed by atoms with Gasteiger partial charge in [-0.25, -0.2) is 0 Å². The predicted molar refractivity (Wildman–Crippen MR) is 111 cm³/mol. The maximum atomic E-state index is 12.3. The molecule has 0 fully saturated rings. The first-order valence-electron chi connectivity index (χ1n) is 8.94. The Morgan fingerprint density at radius 1 is 1.11 bits per heavy atom. The number of ketones is 1. The van der Waals surface area contributed by atoms with Crippen LogP contribution in [-0.4, -0.2) is 43.4 Å². The van der Waals surface area contributed by atoms with Crippen molar-refractivity contribution < 1.29 is 19.1 Å². The zero-order valence-corrected chi connectivity index (χ0v) is 17.2. The number of carbonyl (C=O) groups excluding carboxylic acids is 2. The second-order valence-corrected chi connectivity index (χ2v) is 6.77. The maximum absolute atomic E-state index is 12.3. The summed E-state index contributed by atoms with van der Waals surface area (Å²) in [5.74, 6) is 0.730. The van der Waals surface area contributed by atoms with Crippen molar-refractivity contribution in [3.63, 3.8) is 0 Å². The number of allylic oxidation sites excluding steroid dienone is 1. The molecule has 0 aliphatic rings. The third-order valence-corrected chi connectivity index (χ3v) is 4.17. The van der Waals surface area contributed by atoms with Crippen molar-refractivity contribution in [3.05, 3.63) is 64.7 Å². The lowest BCUT2D eigenvalue weighted by atomic mass is 10.1. The smallest absolute Gasteiger partial charge is 0.262 e. The van der Waals surface area contributed by atoms with E-state index in [4.69, 9.17) is 21.1 Å². The van der Waals surface area contributed by atoms with Gasteiger partial charge in [-0.05, 0) is 61.9 Å². The average Bonchev–Trinajstić information content (AvgIpc) is 2.67. The van der Waals surface area contributed by atoms with Crippen LogP contribution in [0, 0.1) is 0 Å². The highest BCUT2D eigenvalue weighted by Gasteiger charge is 2.18. The van der Waals surface area contributed by atoms with Crippen LogP contribution >= 0.6 is 11.6 Å². The number of hydrogen-bond acceptors (Lipinski definition) is 4. The lowest BCUT2D eigenvalue weighted by Crippen LogP contribution is -2.35. The number of benzene rings is 2. The third kappa shape index (κ3) is 5.86. The molecule has 148 valence electrons. The summed E-state index contributed by atoms with van der Waals surface area (Å²) in [6.45, 7) is 4.00. The molecule has 0 saturated heterocycles. The second kappa shape index (κ2) is 9.95. The number of rotatable bonds is 8. The van der Waals surface area contributed by atoms with Crippen LogP contribution in [-0.2, 0) is 4.79 Å². The van der Waals surface area contributed by atoms with Crippen LogP contribution in [0.25, 0.3) is 6.08 Å². The second-order valence-electron chi connectivity index (χ2n) is 6.34. The van der Waals surface area contributed by atoms with E-state index in [0.29, 0.717) is 28.7 Å². The van der Waals surface area contributed by atoms with Crippen molar-refractivity contribution in [2.45, 2.75) is 20.0 Å². The number of carbonyl (C=O) groups is 2. The predicted octanol–water partition coefficient (Wildman–Crippen LogP) is 4.49. The first-order chi connectivity index (χ1) is 13.3. The first-order valence-corrected chi connectivity index (χ1v) is 9.32. The fraction of sp³-hybridized carbons (Fsp3) is 0.273. The number of amides is 1. The van der Waals surface area contributed by atoms with E-state index in [2.05, 4.69) is 0 Å². The van der Waals surface area contributed by atoms with Gasteiger partial charge in [-0.15, -0.1) is 0 Å². The summed E-state index contributed by atoms with van der Waals surface area (Å²) in [5.41, 5.74) is 1.34. The number of nitrogens with zero attached hydrogens (tertiary/aromatic N) is 1.